The first-order chi connectivity index (χ1) is 7.59. The summed E-state index contributed by atoms with van der Waals surface area (Å²) in [6.45, 7) is 0. The van der Waals surface area contributed by atoms with Gasteiger partial charge in [-0.15, -0.1) is 0 Å². The van der Waals surface area contributed by atoms with Crippen LogP contribution in [0.4, 0.5) is 4.79 Å². The zero-order chi connectivity index (χ0) is 11.7. The Balaban J connectivity index is 2.42. The van der Waals surface area contributed by atoms with E-state index in [1.54, 1.807) is 6.07 Å². The first kappa shape index (κ1) is 11.2. The maximum absolute atomic E-state index is 10.8. The minimum atomic E-state index is -0.906. The average molecular weight is 242 g/mol. The number of carbonyl (C=O) groups is 1. The first-order valence-corrected chi connectivity index (χ1v) is 5.39. The fourth-order valence-electron chi connectivity index (χ4n) is 2.03. The van der Waals surface area contributed by atoms with E-state index in [-0.39, 0.29) is 0 Å². The van der Waals surface area contributed by atoms with Gasteiger partial charge in [0.25, 0.3) is 0 Å². The van der Waals surface area contributed by atoms with Crippen LogP contribution in [0.25, 0.3) is 0 Å². The minimum Gasteiger partial charge on any atom is -0.439 e. The molecular formula is C11H12ClNO3. The van der Waals surface area contributed by atoms with Gasteiger partial charge in [0, 0.05) is 10.6 Å². The normalized spacial score (nSPS) is 23.6. The molecule has 1 aromatic rings. The molecule has 0 saturated carbocycles. The summed E-state index contributed by atoms with van der Waals surface area (Å²) in [4.78, 5) is 10.8. The van der Waals surface area contributed by atoms with Crippen molar-refractivity contribution in [2.45, 2.75) is 25.0 Å². The van der Waals surface area contributed by atoms with E-state index in [0.717, 1.165) is 12.0 Å². The van der Waals surface area contributed by atoms with Gasteiger partial charge in [0.15, 0.2) is 6.10 Å². The molecule has 0 aromatic heterocycles. The Labute approximate surface area is 98.0 Å². The molecule has 1 aromatic carbocycles. The summed E-state index contributed by atoms with van der Waals surface area (Å²) in [6.07, 6.45) is -1.16. The maximum Gasteiger partial charge on any atom is 0.405 e. The number of hydrogen-bond acceptors (Lipinski definition) is 3. The highest BCUT2D eigenvalue weighted by Crippen LogP contribution is 2.37. The van der Waals surface area contributed by atoms with Crippen LogP contribution in [0.15, 0.2) is 18.2 Å². The van der Waals surface area contributed by atoms with Gasteiger partial charge in [-0.2, -0.15) is 0 Å². The van der Waals surface area contributed by atoms with Gasteiger partial charge in [-0.05, 0) is 24.5 Å². The van der Waals surface area contributed by atoms with E-state index in [2.05, 4.69) is 0 Å². The van der Waals surface area contributed by atoms with E-state index in [1.165, 1.54) is 0 Å². The largest absolute Gasteiger partial charge is 0.439 e. The monoisotopic (exact) mass is 241 g/mol. The molecule has 1 aliphatic rings. The number of ether oxygens (including phenoxy) is 1. The molecule has 1 aliphatic carbocycles. The number of fused-ring (bicyclic) bond motifs is 1. The number of carbonyl (C=O) groups excluding carboxylic acids is 1. The Morgan fingerprint density at radius 1 is 1.56 bits per heavy atom. The lowest BCUT2D eigenvalue weighted by molar-refractivity contribution is -0.00505. The van der Waals surface area contributed by atoms with E-state index in [0.29, 0.717) is 17.0 Å². The molecule has 86 valence electrons. The lowest BCUT2D eigenvalue weighted by Crippen LogP contribution is -2.31. The lowest BCUT2D eigenvalue weighted by atomic mass is 9.87. The standard InChI is InChI=1S/C11H12ClNO3/c12-7-3-1-2-6-4-5-8(14)10(9(6)7)16-11(13)15/h1-3,8,10,14H,4-5H2,(H2,13,15)/t8-,10-/m0/s1. The number of nitrogens with two attached hydrogens (primary N) is 1. The molecule has 0 unspecified atom stereocenters. The third-order valence-electron chi connectivity index (χ3n) is 2.73. The molecule has 0 radical (unpaired) electrons. The third-order valence-corrected chi connectivity index (χ3v) is 3.06. The van der Waals surface area contributed by atoms with Gasteiger partial charge in [0.05, 0.1) is 6.10 Å². The Bertz CT molecular complexity index is 422. The SMILES string of the molecule is NC(=O)O[C@@H]1c2c(Cl)cccc2CC[C@@H]1O. The summed E-state index contributed by atoms with van der Waals surface area (Å²) in [7, 11) is 0. The van der Waals surface area contributed by atoms with Crippen LogP contribution in [-0.4, -0.2) is 17.3 Å². The molecule has 0 saturated heterocycles. The van der Waals surface area contributed by atoms with Gasteiger partial charge in [0.1, 0.15) is 0 Å². The molecule has 0 heterocycles. The smallest absolute Gasteiger partial charge is 0.405 e. The van der Waals surface area contributed by atoms with E-state index >= 15 is 0 Å². The van der Waals surface area contributed by atoms with Crippen molar-refractivity contribution in [1.82, 2.24) is 0 Å². The number of aryl methyl sites for hydroxylation is 1. The Morgan fingerprint density at radius 3 is 3.00 bits per heavy atom. The second-order valence-corrected chi connectivity index (χ2v) is 4.18. The van der Waals surface area contributed by atoms with Crippen LogP contribution >= 0.6 is 11.6 Å². The highest BCUT2D eigenvalue weighted by Gasteiger charge is 2.32. The molecule has 2 atom stereocenters. The molecule has 5 heteroatoms. The zero-order valence-corrected chi connectivity index (χ0v) is 9.28. The number of amides is 1. The molecule has 16 heavy (non-hydrogen) atoms. The highest BCUT2D eigenvalue weighted by molar-refractivity contribution is 6.31. The predicted molar refractivity (Wildman–Crippen MR) is 59.2 cm³/mol. The second kappa shape index (κ2) is 4.31. The van der Waals surface area contributed by atoms with Crippen molar-refractivity contribution in [2.75, 3.05) is 0 Å². The fourth-order valence-corrected chi connectivity index (χ4v) is 2.33. The van der Waals surface area contributed by atoms with Crippen LogP contribution in [0.3, 0.4) is 0 Å². The topological polar surface area (TPSA) is 72.6 Å². The van der Waals surface area contributed by atoms with Gasteiger partial charge in [-0.25, -0.2) is 4.79 Å². The summed E-state index contributed by atoms with van der Waals surface area (Å²) < 4.78 is 4.92. The van der Waals surface area contributed by atoms with Crippen LogP contribution in [0.1, 0.15) is 23.7 Å². The van der Waals surface area contributed by atoms with E-state index in [4.69, 9.17) is 22.1 Å². The molecule has 0 aliphatic heterocycles. The number of halogens is 1. The quantitative estimate of drug-likeness (QED) is 0.787. The van der Waals surface area contributed by atoms with Crippen molar-refractivity contribution in [3.8, 4) is 0 Å². The van der Waals surface area contributed by atoms with Gasteiger partial charge < -0.3 is 15.6 Å². The molecule has 0 bridgehead atoms. The maximum atomic E-state index is 10.8. The molecule has 0 fully saturated rings. The molecule has 0 spiro atoms. The molecule has 1 amide bonds. The Hall–Kier alpha value is -1.26. The van der Waals surface area contributed by atoms with Crippen molar-refractivity contribution >= 4 is 17.7 Å². The van der Waals surface area contributed by atoms with Crippen LogP contribution in [0.5, 0.6) is 0 Å². The van der Waals surface area contributed by atoms with E-state index in [9.17, 15) is 9.90 Å². The lowest BCUT2D eigenvalue weighted by Gasteiger charge is -2.30. The van der Waals surface area contributed by atoms with Crippen LogP contribution < -0.4 is 5.73 Å². The van der Waals surface area contributed by atoms with Gasteiger partial charge in [-0.1, -0.05) is 23.7 Å². The second-order valence-electron chi connectivity index (χ2n) is 3.78. The van der Waals surface area contributed by atoms with Crippen molar-refractivity contribution < 1.29 is 14.6 Å². The first-order valence-electron chi connectivity index (χ1n) is 5.01. The molecule has 2 rings (SSSR count). The number of aliphatic hydroxyl groups excluding tert-OH is 1. The zero-order valence-electron chi connectivity index (χ0n) is 8.52. The van der Waals surface area contributed by atoms with E-state index in [1.807, 2.05) is 12.1 Å². The number of rotatable bonds is 1. The molecule has 4 nitrogen and oxygen atoms in total. The van der Waals surface area contributed by atoms with Crippen molar-refractivity contribution in [3.63, 3.8) is 0 Å². The molecule has 3 N–H and O–H groups in total. The van der Waals surface area contributed by atoms with Gasteiger partial charge >= 0.3 is 6.09 Å². The molecular weight excluding hydrogens is 230 g/mol. The van der Waals surface area contributed by atoms with Crippen molar-refractivity contribution in [3.05, 3.63) is 34.3 Å². The Morgan fingerprint density at radius 2 is 2.31 bits per heavy atom. The number of benzene rings is 1. The summed E-state index contributed by atoms with van der Waals surface area (Å²) in [5, 5.41) is 10.3. The Kier molecular flexibility index (Phi) is 3.03. The number of aliphatic hydroxyl groups is 1. The van der Waals surface area contributed by atoms with Crippen molar-refractivity contribution in [2.24, 2.45) is 5.73 Å². The van der Waals surface area contributed by atoms with Gasteiger partial charge in [0.2, 0.25) is 0 Å². The summed E-state index contributed by atoms with van der Waals surface area (Å²) in [5.74, 6) is 0. The van der Waals surface area contributed by atoms with Gasteiger partial charge in [-0.3, -0.25) is 0 Å². The third kappa shape index (κ3) is 1.99. The highest BCUT2D eigenvalue weighted by atomic mass is 35.5. The summed E-state index contributed by atoms with van der Waals surface area (Å²) in [6, 6.07) is 5.44. The average Bonchev–Trinajstić information content (AvgIpc) is 2.22. The van der Waals surface area contributed by atoms with Crippen LogP contribution in [0.2, 0.25) is 5.02 Å². The van der Waals surface area contributed by atoms with Crippen molar-refractivity contribution in [1.29, 1.82) is 0 Å². The van der Waals surface area contributed by atoms with Crippen LogP contribution in [0, 0.1) is 0 Å². The van der Waals surface area contributed by atoms with E-state index < -0.39 is 18.3 Å². The number of primary amides is 1. The van der Waals surface area contributed by atoms with Crippen LogP contribution in [-0.2, 0) is 11.2 Å². The fraction of sp³-hybridized carbons (Fsp3) is 0.364. The number of hydrogen-bond donors (Lipinski definition) is 2. The predicted octanol–water partition coefficient (Wildman–Crippen LogP) is 1.78. The summed E-state index contributed by atoms with van der Waals surface area (Å²) >= 11 is 6.04. The minimum absolute atomic E-state index is 0.488. The summed E-state index contributed by atoms with van der Waals surface area (Å²) in [5.41, 5.74) is 6.64.